The summed E-state index contributed by atoms with van der Waals surface area (Å²) < 4.78 is 8.36. The van der Waals surface area contributed by atoms with Crippen molar-refractivity contribution in [1.29, 1.82) is 0 Å². The number of rotatable bonds is 4. The van der Waals surface area contributed by atoms with E-state index in [1.165, 1.54) is 5.56 Å². The summed E-state index contributed by atoms with van der Waals surface area (Å²) in [4.78, 5) is 13.2. The van der Waals surface area contributed by atoms with Crippen molar-refractivity contribution < 1.29 is 25.8 Å². The van der Waals surface area contributed by atoms with Gasteiger partial charge in [-0.1, -0.05) is 18.2 Å². The van der Waals surface area contributed by atoms with Crippen molar-refractivity contribution in [2.75, 3.05) is 28.8 Å². The molecule has 0 unspecified atom stereocenters. The molecule has 0 atom stereocenters. The molecule has 0 spiro atoms. The Balaban J connectivity index is 0.00000302. The molecule has 0 saturated carbocycles. The predicted molar refractivity (Wildman–Crippen MR) is 160 cm³/mol. The molecule has 0 amide bonds. The van der Waals surface area contributed by atoms with E-state index in [9.17, 15) is 0 Å². The summed E-state index contributed by atoms with van der Waals surface area (Å²) in [5.41, 5.74) is 8.31. The number of aromatic nitrogens is 2. The molecule has 2 aliphatic rings. The minimum absolute atomic E-state index is 0. The quantitative estimate of drug-likeness (QED) is 0.185. The van der Waals surface area contributed by atoms with Gasteiger partial charge in [-0.15, -0.1) is 47.8 Å². The first-order valence-electron chi connectivity index (χ1n) is 13.3. The van der Waals surface area contributed by atoms with Crippen LogP contribution < -0.4 is 19.4 Å². The number of fused-ring (bicyclic) bond motifs is 3. The Bertz CT molecular complexity index is 1750. The monoisotopic (exact) mass is 721 g/mol. The third-order valence-corrected chi connectivity index (χ3v) is 7.99. The Morgan fingerprint density at radius 2 is 1.41 bits per heavy atom. The van der Waals surface area contributed by atoms with Crippen molar-refractivity contribution >= 4 is 39.5 Å². The molecule has 0 N–H and O–H groups in total. The van der Waals surface area contributed by atoms with E-state index >= 15 is 0 Å². The summed E-state index contributed by atoms with van der Waals surface area (Å²) >= 11 is 0. The molecule has 0 saturated heterocycles. The number of aryl methyl sites for hydroxylation is 1. The first-order valence-corrected chi connectivity index (χ1v) is 13.3. The van der Waals surface area contributed by atoms with E-state index in [-0.39, 0.29) is 26.6 Å². The number of anilines is 5. The third kappa shape index (κ3) is 4.57. The van der Waals surface area contributed by atoms with E-state index in [2.05, 4.69) is 120 Å². The largest absolute Gasteiger partial charge is 4.00 e. The molecule has 208 valence electrons. The maximum Gasteiger partial charge on any atom is 4.00 e. The van der Waals surface area contributed by atoms with Gasteiger partial charge in [-0.2, -0.15) is 25.5 Å². The van der Waals surface area contributed by atoms with Crippen LogP contribution in [0.1, 0.15) is 19.4 Å². The van der Waals surface area contributed by atoms with E-state index in [1.807, 2.05) is 48.3 Å². The minimum Gasteiger partial charge on any atom is -0.509 e. The summed E-state index contributed by atoms with van der Waals surface area (Å²) in [6.07, 6.45) is 1.85. The van der Waals surface area contributed by atoms with Crippen LogP contribution >= 0.6 is 0 Å². The van der Waals surface area contributed by atoms with Crippen molar-refractivity contribution in [2.45, 2.75) is 19.4 Å². The van der Waals surface area contributed by atoms with Gasteiger partial charge in [0.05, 0.1) is 17.4 Å². The summed E-state index contributed by atoms with van der Waals surface area (Å²) in [7, 11) is 6.17. The number of nitrogens with zero attached hydrogens (tertiary/aromatic N) is 6. The van der Waals surface area contributed by atoms with Crippen molar-refractivity contribution in [2.24, 2.45) is 7.05 Å². The van der Waals surface area contributed by atoms with Gasteiger partial charge in [0, 0.05) is 41.1 Å². The van der Waals surface area contributed by atoms with Gasteiger partial charge in [0.2, 0.25) is 0 Å². The minimum atomic E-state index is -0.113. The molecule has 2 aliphatic heterocycles. The fourth-order valence-corrected chi connectivity index (χ4v) is 5.47. The van der Waals surface area contributed by atoms with Gasteiger partial charge < -0.3 is 28.9 Å². The van der Waals surface area contributed by atoms with Crippen LogP contribution in [-0.4, -0.2) is 28.5 Å². The molecule has 3 heterocycles. The Hall–Kier alpha value is -3.80. The second-order valence-electron chi connectivity index (χ2n) is 10.9. The molecule has 1 aromatic heterocycles. The van der Waals surface area contributed by atoms with Gasteiger partial charge in [0.15, 0.2) is 0 Å². The van der Waals surface area contributed by atoms with Crippen LogP contribution in [0.5, 0.6) is 11.5 Å². The average molecular weight is 722 g/mol. The molecule has 5 aromatic rings. The molecule has 8 heteroatoms. The second-order valence-corrected chi connectivity index (χ2v) is 10.9. The van der Waals surface area contributed by atoms with Crippen LogP contribution in [0.15, 0.2) is 79.1 Å². The second kappa shape index (κ2) is 10.2. The Labute approximate surface area is 255 Å². The van der Waals surface area contributed by atoms with Gasteiger partial charge in [0.1, 0.15) is 0 Å². The van der Waals surface area contributed by atoms with E-state index in [0.29, 0.717) is 11.5 Å². The first-order chi connectivity index (χ1) is 19.3. The molecule has 4 aromatic carbocycles. The molecule has 0 aliphatic carbocycles. The maximum absolute atomic E-state index is 6.32. The fraction of sp³-hybridized carbons (Fsp3) is 0.182. The van der Waals surface area contributed by atoms with Crippen LogP contribution in [0.25, 0.3) is 11.0 Å². The SMILES string of the molecule is CN1[CH-]N(c2[c-]c(Oc3[c-]c(N4[CH-]N(C)C(C)(C)c5ccccc54)ccc3)ccc2)c2cc3ncn(C)c3cc21.[Pt+4]. The Kier molecular flexibility index (Phi) is 6.83. The van der Waals surface area contributed by atoms with Gasteiger partial charge in [0.25, 0.3) is 0 Å². The summed E-state index contributed by atoms with van der Waals surface area (Å²) in [6, 6.07) is 31.6. The molecule has 7 nitrogen and oxygen atoms in total. The van der Waals surface area contributed by atoms with Gasteiger partial charge in [-0.05, 0) is 51.7 Å². The number of benzene rings is 4. The number of hydrogen-bond donors (Lipinski definition) is 0. The summed E-state index contributed by atoms with van der Waals surface area (Å²) in [5.74, 6) is 1.25. The summed E-state index contributed by atoms with van der Waals surface area (Å²) in [5, 5.41) is 0. The van der Waals surface area contributed by atoms with Crippen LogP contribution in [-0.2, 0) is 33.7 Å². The van der Waals surface area contributed by atoms with Gasteiger partial charge in [-0.25, -0.2) is 4.98 Å². The van der Waals surface area contributed by atoms with Crippen molar-refractivity contribution in [1.82, 2.24) is 14.5 Å². The maximum atomic E-state index is 6.32. The number of imidazole rings is 1. The van der Waals surface area contributed by atoms with Gasteiger partial charge in [-0.3, -0.25) is 0 Å². The molecule has 0 bridgehead atoms. The van der Waals surface area contributed by atoms with E-state index < -0.39 is 0 Å². The molecule has 0 fully saturated rings. The van der Waals surface area contributed by atoms with Crippen LogP contribution in [0.2, 0.25) is 0 Å². The molecule has 0 radical (unpaired) electrons. The Morgan fingerprint density at radius 1 is 0.756 bits per heavy atom. The number of para-hydroxylation sites is 1. The van der Waals surface area contributed by atoms with Crippen LogP contribution in [0.3, 0.4) is 0 Å². The number of hydrogen-bond acceptors (Lipinski definition) is 6. The van der Waals surface area contributed by atoms with Crippen molar-refractivity contribution in [3.63, 3.8) is 0 Å². The predicted octanol–water partition coefficient (Wildman–Crippen LogP) is 7.11. The first kappa shape index (κ1) is 27.4. The molecule has 7 rings (SSSR count). The molecular weight excluding hydrogens is 691 g/mol. The third-order valence-electron chi connectivity index (χ3n) is 7.99. The zero-order valence-corrected chi connectivity index (χ0v) is 25.8. The smallest absolute Gasteiger partial charge is 0.509 e. The normalized spacial score (nSPS) is 16.0. The zero-order valence-electron chi connectivity index (χ0n) is 23.6. The van der Waals surface area contributed by atoms with Crippen molar-refractivity contribution in [3.05, 3.63) is 110 Å². The van der Waals surface area contributed by atoms with E-state index in [0.717, 1.165) is 39.5 Å². The number of ether oxygens (including phenoxy) is 1. The van der Waals surface area contributed by atoms with Crippen LogP contribution in [0, 0.1) is 25.5 Å². The molecule has 41 heavy (non-hydrogen) atoms. The van der Waals surface area contributed by atoms with E-state index in [1.54, 1.807) is 0 Å². The topological polar surface area (TPSA) is 40.0 Å². The van der Waals surface area contributed by atoms with Crippen LogP contribution in [0.4, 0.5) is 28.4 Å². The van der Waals surface area contributed by atoms with Gasteiger partial charge >= 0.3 is 21.1 Å². The summed E-state index contributed by atoms with van der Waals surface area (Å²) in [6.45, 7) is 8.66. The zero-order chi connectivity index (χ0) is 27.6. The average Bonchev–Trinajstić information content (AvgIpc) is 3.49. The van der Waals surface area contributed by atoms with Crippen molar-refractivity contribution in [3.8, 4) is 11.5 Å². The standard InChI is InChI=1S/C33H30N6O.Pt/c1-33(2)27-14-6-7-15-29(27)39(22-37(33)5)24-11-9-13-26(17-24)40-25-12-8-10-23(16-25)38-21-36(4)31-19-30-28(18-32(31)38)34-20-35(30)3;/h6-15,18-22H,1-5H3;/q-4;+4. The molecular formula is C33H30N6OPt. The van der Waals surface area contributed by atoms with E-state index in [4.69, 9.17) is 4.74 Å². The fourth-order valence-electron chi connectivity index (χ4n) is 5.47. The Morgan fingerprint density at radius 3 is 2.12 bits per heavy atom.